The van der Waals surface area contributed by atoms with Crippen molar-refractivity contribution in [1.82, 2.24) is 0 Å². The Kier molecular flexibility index (Phi) is 4.26. The van der Waals surface area contributed by atoms with Gasteiger partial charge in [0.2, 0.25) is 0 Å². The molecule has 1 aromatic rings. The molecule has 0 aliphatic heterocycles. The van der Waals surface area contributed by atoms with Crippen LogP contribution in [0.1, 0.15) is 31.1 Å². The Morgan fingerprint density at radius 2 is 1.72 bits per heavy atom. The van der Waals surface area contributed by atoms with Crippen LogP contribution in [0.2, 0.25) is 0 Å². The van der Waals surface area contributed by atoms with Gasteiger partial charge < -0.3 is 15.2 Å². The summed E-state index contributed by atoms with van der Waals surface area (Å²) in [5.41, 5.74) is 0.421. The first-order chi connectivity index (χ1) is 8.30. The summed E-state index contributed by atoms with van der Waals surface area (Å²) in [6.07, 6.45) is 3.01. The smallest absolute Gasteiger partial charge is 0.162 e. The van der Waals surface area contributed by atoms with Crippen molar-refractivity contribution in [2.24, 2.45) is 5.41 Å². The Labute approximate surface area is 106 Å². The first kappa shape index (κ1) is 14.0. The molecule has 0 saturated carbocycles. The summed E-state index contributed by atoms with van der Waals surface area (Å²) < 4.78 is 0. The van der Waals surface area contributed by atoms with E-state index in [4.69, 9.17) is 0 Å². The van der Waals surface area contributed by atoms with E-state index in [2.05, 4.69) is 5.32 Å². The van der Waals surface area contributed by atoms with Crippen molar-refractivity contribution in [2.75, 3.05) is 5.32 Å². The van der Waals surface area contributed by atoms with E-state index >= 15 is 0 Å². The second-order valence-corrected chi connectivity index (χ2v) is 4.96. The Hall–Kier alpha value is -2.10. The molecular weight excluding hydrogens is 230 g/mol. The van der Waals surface area contributed by atoms with Gasteiger partial charge in [-0.2, -0.15) is 0 Å². The number of hydrogen-bond donors (Lipinski definition) is 1. The van der Waals surface area contributed by atoms with Crippen LogP contribution in [-0.4, -0.2) is 11.8 Å². The molecule has 1 rings (SSSR count). The number of carboxylic acids is 1. The van der Waals surface area contributed by atoms with E-state index in [0.717, 1.165) is 0 Å². The van der Waals surface area contributed by atoms with Gasteiger partial charge in [-0.25, -0.2) is 0 Å². The molecule has 0 bridgehead atoms. The van der Waals surface area contributed by atoms with Crippen molar-refractivity contribution < 1.29 is 14.7 Å². The standard InChI is InChI=1S/C14H17NO3/c1-14(2,3)12(16)8-9-15-11-6-4-10(5-7-11)13(17)18/h4-9,15H,1-3H3,(H,17,18)/p-1/b9-8+. The van der Waals surface area contributed by atoms with Crippen molar-refractivity contribution in [2.45, 2.75) is 20.8 Å². The van der Waals surface area contributed by atoms with Gasteiger partial charge in [0, 0.05) is 17.3 Å². The normalized spacial score (nSPS) is 11.5. The Morgan fingerprint density at radius 3 is 2.17 bits per heavy atom. The van der Waals surface area contributed by atoms with Gasteiger partial charge in [0.1, 0.15) is 0 Å². The molecule has 0 fully saturated rings. The molecule has 1 N–H and O–H groups in total. The highest BCUT2D eigenvalue weighted by atomic mass is 16.4. The van der Waals surface area contributed by atoms with Gasteiger partial charge in [-0.3, -0.25) is 4.79 Å². The molecule has 1 aromatic carbocycles. The highest BCUT2D eigenvalue weighted by Gasteiger charge is 2.17. The third-order valence-electron chi connectivity index (χ3n) is 2.34. The average Bonchev–Trinajstić information content (AvgIpc) is 2.28. The van der Waals surface area contributed by atoms with Crippen LogP contribution < -0.4 is 10.4 Å². The van der Waals surface area contributed by atoms with Gasteiger partial charge in [0.15, 0.2) is 5.78 Å². The first-order valence-corrected chi connectivity index (χ1v) is 5.59. The second-order valence-electron chi connectivity index (χ2n) is 4.96. The number of nitrogens with one attached hydrogen (secondary N) is 1. The summed E-state index contributed by atoms with van der Waals surface area (Å²) in [6.45, 7) is 5.52. The van der Waals surface area contributed by atoms with Crippen LogP contribution in [0.25, 0.3) is 0 Å². The topological polar surface area (TPSA) is 69.2 Å². The molecule has 4 heteroatoms. The minimum absolute atomic E-state index is 0.0151. The van der Waals surface area contributed by atoms with Crippen LogP contribution in [-0.2, 0) is 4.79 Å². The van der Waals surface area contributed by atoms with Crippen LogP contribution in [0.5, 0.6) is 0 Å². The number of carbonyl (C=O) groups is 2. The average molecular weight is 246 g/mol. The van der Waals surface area contributed by atoms with E-state index in [1.54, 1.807) is 18.3 Å². The van der Waals surface area contributed by atoms with Crippen LogP contribution in [0.3, 0.4) is 0 Å². The summed E-state index contributed by atoms with van der Waals surface area (Å²) in [4.78, 5) is 22.1. The van der Waals surface area contributed by atoms with Crippen LogP contribution in [0, 0.1) is 5.41 Å². The molecule has 0 aliphatic rings. The number of aromatic carboxylic acids is 1. The van der Waals surface area contributed by atoms with Crippen molar-refractivity contribution in [3.05, 3.63) is 42.1 Å². The molecule has 0 aromatic heterocycles. The summed E-state index contributed by atoms with van der Waals surface area (Å²) in [5.74, 6) is -1.19. The zero-order valence-corrected chi connectivity index (χ0v) is 10.7. The predicted molar refractivity (Wildman–Crippen MR) is 68.0 cm³/mol. The largest absolute Gasteiger partial charge is 0.545 e. The number of anilines is 1. The maximum atomic E-state index is 11.6. The summed E-state index contributed by atoms with van der Waals surface area (Å²) >= 11 is 0. The lowest BCUT2D eigenvalue weighted by molar-refractivity contribution is -0.255. The molecule has 0 saturated heterocycles. The van der Waals surface area contributed by atoms with E-state index in [1.165, 1.54) is 18.2 Å². The zero-order valence-electron chi connectivity index (χ0n) is 10.7. The maximum absolute atomic E-state index is 11.6. The molecule has 0 radical (unpaired) electrons. The molecule has 0 heterocycles. The van der Waals surface area contributed by atoms with Gasteiger partial charge in [0.05, 0.1) is 5.97 Å². The van der Waals surface area contributed by atoms with E-state index in [-0.39, 0.29) is 11.3 Å². The van der Waals surface area contributed by atoms with Gasteiger partial charge in [-0.1, -0.05) is 32.9 Å². The number of benzene rings is 1. The third kappa shape index (κ3) is 4.05. The first-order valence-electron chi connectivity index (χ1n) is 5.59. The maximum Gasteiger partial charge on any atom is 0.162 e. The molecule has 0 atom stereocenters. The molecule has 18 heavy (non-hydrogen) atoms. The molecule has 96 valence electrons. The second kappa shape index (κ2) is 5.49. The lowest BCUT2D eigenvalue weighted by Crippen LogP contribution is -2.21. The quantitative estimate of drug-likeness (QED) is 0.819. The van der Waals surface area contributed by atoms with Gasteiger partial charge in [0.25, 0.3) is 0 Å². The van der Waals surface area contributed by atoms with E-state index < -0.39 is 11.4 Å². The minimum atomic E-state index is -1.21. The Balaban J connectivity index is 2.62. The fourth-order valence-corrected chi connectivity index (χ4v) is 1.17. The highest BCUT2D eigenvalue weighted by Crippen LogP contribution is 2.15. The summed E-state index contributed by atoms with van der Waals surface area (Å²) in [5, 5.41) is 13.4. The fourth-order valence-electron chi connectivity index (χ4n) is 1.17. The van der Waals surface area contributed by atoms with Gasteiger partial charge >= 0.3 is 0 Å². The van der Waals surface area contributed by atoms with Gasteiger partial charge in [-0.05, 0) is 23.8 Å². The van der Waals surface area contributed by atoms with Crippen molar-refractivity contribution in [3.63, 3.8) is 0 Å². The lowest BCUT2D eigenvalue weighted by atomic mass is 9.91. The Bertz CT molecular complexity index is 467. The number of carboxylic acid groups (broad SMARTS) is 1. The minimum Gasteiger partial charge on any atom is -0.545 e. The Morgan fingerprint density at radius 1 is 1.17 bits per heavy atom. The van der Waals surface area contributed by atoms with E-state index in [1.807, 2.05) is 20.8 Å². The van der Waals surface area contributed by atoms with Crippen molar-refractivity contribution in [3.8, 4) is 0 Å². The van der Waals surface area contributed by atoms with Gasteiger partial charge in [-0.15, -0.1) is 0 Å². The van der Waals surface area contributed by atoms with Crippen molar-refractivity contribution >= 4 is 17.4 Å². The number of carbonyl (C=O) groups excluding carboxylic acids is 2. The zero-order chi connectivity index (χ0) is 13.8. The number of allylic oxidation sites excluding steroid dienone is 1. The van der Waals surface area contributed by atoms with Crippen LogP contribution in [0.15, 0.2) is 36.5 Å². The molecule has 0 spiro atoms. The molecule has 0 unspecified atom stereocenters. The molecule has 0 amide bonds. The highest BCUT2D eigenvalue weighted by molar-refractivity contribution is 5.94. The summed E-state index contributed by atoms with van der Waals surface area (Å²) in [7, 11) is 0. The van der Waals surface area contributed by atoms with Crippen molar-refractivity contribution in [1.29, 1.82) is 0 Å². The van der Waals surface area contributed by atoms with E-state index in [9.17, 15) is 14.7 Å². The monoisotopic (exact) mass is 246 g/mol. The molecule has 4 nitrogen and oxygen atoms in total. The lowest BCUT2D eigenvalue weighted by Gasteiger charge is -2.13. The molecule has 0 aliphatic carbocycles. The molecular formula is C14H16NO3-. The number of hydrogen-bond acceptors (Lipinski definition) is 4. The predicted octanol–water partition coefficient (Wildman–Crippen LogP) is 1.59. The summed E-state index contributed by atoms with van der Waals surface area (Å²) in [6, 6.07) is 6.10. The third-order valence-corrected chi connectivity index (χ3v) is 2.34. The van der Waals surface area contributed by atoms with Crippen LogP contribution >= 0.6 is 0 Å². The number of rotatable bonds is 4. The number of ketones is 1. The van der Waals surface area contributed by atoms with Crippen LogP contribution in [0.4, 0.5) is 5.69 Å². The fraction of sp³-hybridized carbons (Fsp3) is 0.286. The van der Waals surface area contributed by atoms with E-state index in [0.29, 0.717) is 5.69 Å². The SMILES string of the molecule is CC(C)(C)C(=O)/C=C/Nc1ccc(C(=O)[O-])cc1.